The van der Waals surface area contributed by atoms with Crippen LogP contribution >= 0.6 is 11.6 Å². The lowest BCUT2D eigenvalue weighted by Gasteiger charge is -2.32. The number of carbonyl (C=O) groups is 1. The number of hydrogen-bond donors (Lipinski definition) is 1. The highest BCUT2D eigenvalue weighted by atomic mass is 35.5. The van der Waals surface area contributed by atoms with Gasteiger partial charge in [-0.3, -0.25) is 23.6 Å². The first-order valence-electron chi connectivity index (χ1n) is 13.3. The normalized spacial score (nSPS) is 14.9. The van der Waals surface area contributed by atoms with Gasteiger partial charge in [0.2, 0.25) is 5.88 Å². The van der Waals surface area contributed by atoms with Crippen LogP contribution in [-0.4, -0.2) is 68.2 Å². The SMILES string of the molecule is CN1CCN(Cn2c(O)c(N=NC(=O)Cn3c(=O)c(-c4ccccc4)cc4cccnc43)c3cc(Cl)ccc32)CC1. The molecule has 1 amide bonds. The molecule has 0 radical (unpaired) electrons. The summed E-state index contributed by atoms with van der Waals surface area (Å²) in [6.45, 7) is 3.68. The zero-order valence-electron chi connectivity index (χ0n) is 22.4. The summed E-state index contributed by atoms with van der Waals surface area (Å²) in [7, 11) is 2.09. The van der Waals surface area contributed by atoms with Crippen LogP contribution < -0.4 is 5.56 Å². The van der Waals surface area contributed by atoms with Crippen molar-refractivity contribution in [1.29, 1.82) is 0 Å². The van der Waals surface area contributed by atoms with Gasteiger partial charge in [-0.25, -0.2) is 4.98 Å². The number of aromatic nitrogens is 3. The van der Waals surface area contributed by atoms with E-state index < -0.39 is 5.91 Å². The molecule has 11 heteroatoms. The van der Waals surface area contributed by atoms with Gasteiger partial charge in [0, 0.05) is 53.7 Å². The molecule has 0 saturated carbocycles. The fourth-order valence-electron chi connectivity index (χ4n) is 5.18. The van der Waals surface area contributed by atoms with Crippen molar-refractivity contribution in [3.63, 3.8) is 0 Å². The minimum absolute atomic E-state index is 0.104. The first-order chi connectivity index (χ1) is 19.9. The molecule has 0 atom stereocenters. The molecule has 1 N–H and O–H groups in total. The third-order valence-electron chi connectivity index (χ3n) is 7.40. The Morgan fingerprint density at radius 1 is 1.00 bits per heavy atom. The van der Waals surface area contributed by atoms with Crippen molar-refractivity contribution in [3.05, 3.63) is 88.3 Å². The average Bonchev–Trinajstić information content (AvgIpc) is 3.24. The van der Waals surface area contributed by atoms with Crippen LogP contribution in [0.4, 0.5) is 5.69 Å². The smallest absolute Gasteiger partial charge is 0.284 e. The number of rotatable bonds is 6. The molecule has 0 aliphatic carbocycles. The summed E-state index contributed by atoms with van der Waals surface area (Å²) >= 11 is 6.28. The number of benzene rings is 2. The first kappa shape index (κ1) is 26.8. The predicted octanol–water partition coefficient (Wildman–Crippen LogP) is 4.89. The number of pyridine rings is 2. The molecule has 208 valence electrons. The van der Waals surface area contributed by atoms with Gasteiger partial charge >= 0.3 is 0 Å². The molecule has 6 rings (SSSR count). The molecule has 1 saturated heterocycles. The monoisotopic (exact) mass is 569 g/mol. The van der Waals surface area contributed by atoms with Gasteiger partial charge in [0.15, 0.2) is 5.69 Å². The van der Waals surface area contributed by atoms with Crippen LogP contribution in [0.2, 0.25) is 5.02 Å². The summed E-state index contributed by atoms with van der Waals surface area (Å²) in [6.07, 6.45) is 1.57. The van der Waals surface area contributed by atoms with Crippen molar-refractivity contribution in [1.82, 2.24) is 23.9 Å². The number of azo groups is 1. The third-order valence-corrected chi connectivity index (χ3v) is 7.63. The number of fused-ring (bicyclic) bond motifs is 2. The standard InChI is InChI=1S/C30H28ClN7O3/c1-35-12-14-36(15-13-35)19-38-25-10-9-22(31)17-24(25)27(30(38)41)34-33-26(39)18-37-28-21(8-5-11-32-28)16-23(29(37)40)20-6-3-2-4-7-20/h2-11,16-17,41H,12-15,18-19H2,1H3. The number of amides is 1. The van der Waals surface area contributed by atoms with Crippen LogP contribution in [0.5, 0.6) is 5.88 Å². The number of likely N-dealkylation sites (N-methyl/N-ethyl adjacent to an activating group) is 1. The molecule has 1 aliphatic heterocycles. The largest absolute Gasteiger partial charge is 0.493 e. The van der Waals surface area contributed by atoms with Crippen LogP contribution in [0.3, 0.4) is 0 Å². The first-order valence-corrected chi connectivity index (χ1v) is 13.7. The number of aromatic hydroxyl groups is 1. The van der Waals surface area contributed by atoms with Crippen molar-refractivity contribution in [2.24, 2.45) is 10.2 Å². The maximum absolute atomic E-state index is 13.5. The summed E-state index contributed by atoms with van der Waals surface area (Å²) in [5.41, 5.74) is 2.09. The lowest BCUT2D eigenvalue weighted by molar-refractivity contribution is -0.118. The quantitative estimate of drug-likeness (QED) is 0.292. The van der Waals surface area contributed by atoms with Gasteiger partial charge in [-0.05, 0) is 49.0 Å². The fraction of sp³-hybridized carbons (Fsp3) is 0.233. The van der Waals surface area contributed by atoms with E-state index in [1.807, 2.05) is 42.5 Å². The molecule has 1 fully saturated rings. The van der Waals surface area contributed by atoms with Crippen molar-refractivity contribution in [3.8, 4) is 17.0 Å². The van der Waals surface area contributed by atoms with E-state index in [1.54, 1.807) is 35.0 Å². The minimum atomic E-state index is -0.661. The van der Waals surface area contributed by atoms with Gasteiger partial charge in [-0.2, -0.15) is 0 Å². The number of nitrogens with zero attached hydrogens (tertiary/aromatic N) is 7. The fourth-order valence-corrected chi connectivity index (χ4v) is 5.35. The van der Waals surface area contributed by atoms with E-state index in [1.165, 1.54) is 4.57 Å². The van der Waals surface area contributed by atoms with Gasteiger partial charge in [-0.15, -0.1) is 10.2 Å². The maximum Gasteiger partial charge on any atom is 0.284 e. The second-order valence-corrected chi connectivity index (χ2v) is 10.6. The molecule has 5 aromatic rings. The number of halogens is 1. The highest BCUT2D eigenvalue weighted by Crippen LogP contribution is 2.40. The Morgan fingerprint density at radius 3 is 2.56 bits per heavy atom. The molecule has 10 nitrogen and oxygen atoms in total. The van der Waals surface area contributed by atoms with Crippen LogP contribution in [-0.2, 0) is 18.0 Å². The van der Waals surface area contributed by atoms with E-state index in [-0.39, 0.29) is 23.7 Å². The van der Waals surface area contributed by atoms with Gasteiger partial charge in [0.25, 0.3) is 11.5 Å². The minimum Gasteiger partial charge on any atom is -0.493 e. The number of piperazine rings is 1. The van der Waals surface area contributed by atoms with Crippen LogP contribution in [0.15, 0.2) is 87.9 Å². The zero-order valence-corrected chi connectivity index (χ0v) is 23.2. The van der Waals surface area contributed by atoms with Gasteiger partial charge in [0.1, 0.15) is 12.2 Å². The Hall–Kier alpha value is -4.38. The van der Waals surface area contributed by atoms with Crippen molar-refractivity contribution in [2.75, 3.05) is 33.2 Å². The lowest BCUT2D eigenvalue weighted by Crippen LogP contribution is -2.44. The second kappa shape index (κ2) is 11.2. The molecular formula is C30H28ClN7O3. The molecule has 0 unspecified atom stereocenters. The summed E-state index contributed by atoms with van der Waals surface area (Å²) in [6, 6.07) is 19.9. The maximum atomic E-state index is 13.5. The van der Waals surface area contributed by atoms with Crippen LogP contribution in [0, 0.1) is 0 Å². The highest BCUT2D eigenvalue weighted by Gasteiger charge is 2.22. The molecule has 3 aromatic heterocycles. The van der Waals surface area contributed by atoms with Crippen molar-refractivity contribution in [2.45, 2.75) is 13.2 Å². The van der Waals surface area contributed by atoms with E-state index in [4.69, 9.17) is 11.6 Å². The van der Waals surface area contributed by atoms with E-state index >= 15 is 0 Å². The number of hydrogen-bond acceptors (Lipinski definition) is 7. The number of carbonyl (C=O) groups excluding carboxylic acids is 1. The van der Waals surface area contributed by atoms with Crippen molar-refractivity contribution >= 4 is 45.1 Å². The highest BCUT2D eigenvalue weighted by molar-refractivity contribution is 6.31. The summed E-state index contributed by atoms with van der Waals surface area (Å²) in [4.78, 5) is 35.5. The second-order valence-electron chi connectivity index (χ2n) is 10.1. The van der Waals surface area contributed by atoms with Crippen LogP contribution in [0.1, 0.15) is 0 Å². The molecule has 0 bridgehead atoms. The molecule has 4 heterocycles. The lowest BCUT2D eigenvalue weighted by atomic mass is 10.1. The molecule has 0 spiro atoms. The molecule has 1 aliphatic rings. The Bertz CT molecular complexity index is 1840. The Kier molecular flexibility index (Phi) is 7.36. The predicted molar refractivity (Wildman–Crippen MR) is 159 cm³/mol. The average molecular weight is 570 g/mol. The third kappa shape index (κ3) is 5.37. The Morgan fingerprint density at radius 2 is 1.78 bits per heavy atom. The summed E-state index contributed by atoms with van der Waals surface area (Å²) in [5.74, 6) is -0.765. The molecule has 41 heavy (non-hydrogen) atoms. The van der Waals surface area contributed by atoms with Gasteiger partial charge < -0.3 is 10.0 Å². The van der Waals surface area contributed by atoms with Crippen molar-refractivity contribution < 1.29 is 9.90 Å². The van der Waals surface area contributed by atoms with E-state index in [9.17, 15) is 14.7 Å². The Balaban J connectivity index is 1.34. The van der Waals surface area contributed by atoms with E-state index in [2.05, 4.69) is 32.1 Å². The van der Waals surface area contributed by atoms with Crippen LogP contribution in [0.25, 0.3) is 33.1 Å². The molecule has 2 aromatic carbocycles. The van der Waals surface area contributed by atoms with E-state index in [0.29, 0.717) is 28.3 Å². The van der Waals surface area contributed by atoms with E-state index in [0.717, 1.165) is 42.6 Å². The Labute approximate surface area is 240 Å². The van der Waals surface area contributed by atoms with Gasteiger partial charge in [0.05, 0.1) is 12.2 Å². The van der Waals surface area contributed by atoms with Gasteiger partial charge in [-0.1, -0.05) is 41.9 Å². The molecular weight excluding hydrogens is 542 g/mol. The topological polar surface area (TPSA) is 108 Å². The summed E-state index contributed by atoms with van der Waals surface area (Å²) < 4.78 is 3.06. The summed E-state index contributed by atoms with van der Waals surface area (Å²) in [5, 5.41) is 21.0. The zero-order chi connectivity index (χ0) is 28.5.